The number of benzene rings is 2. The molecular weight excluding hydrogens is 515 g/mol. The zero-order chi connectivity index (χ0) is 22.1. The van der Waals surface area contributed by atoms with Crippen molar-refractivity contribution in [1.29, 1.82) is 0 Å². The molecule has 0 aromatic heterocycles. The smallest absolute Gasteiger partial charge is 0.191 e. The van der Waals surface area contributed by atoms with Gasteiger partial charge in [0.1, 0.15) is 11.4 Å². The van der Waals surface area contributed by atoms with Gasteiger partial charge in [-0.15, -0.1) is 24.0 Å². The van der Waals surface area contributed by atoms with Crippen molar-refractivity contribution in [3.63, 3.8) is 0 Å². The van der Waals surface area contributed by atoms with Crippen LogP contribution in [0.2, 0.25) is 0 Å². The summed E-state index contributed by atoms with van der Waals surface area (Å²) >= 11 is 0. The molecule has 0 atom stereocenters. The molecule has 1 fully saturated rings. The first-order valence-corrected chi connectivity index (χ1v) is 11.2. The number of morpholine rings is 1. The van der Waals surface area contributed by atoms with E-state index in [1.807, 2.05) is 18.2 Å². The molecule has 2 aromatic rings. The summed E-state index contributed by atoms with van der Waals surface area (Å²) in [6, 6.07) is 16.7. The van der Waals surface area contributed by atoms with E-state index in [0.29, 0.717) is 13.1 Å². The molecule has 1 aliphatic rings. The van der Waals surface area contributed by atoms with Crippen LogP contribution >= 0.6 is 24.0 Å². The Morgan fingerprint density at radius 1 is 1.00 bits per heavy atom. The Kier molecular flexibility index (Phi) is 10.6. The van der Waals surface area contributed by atoms with Gasteiger partial charge < -0.3 is 25.0 Å². The normalized spacial score (nSPS) is 14.5. The molecule has 6 nitrogen and oxygen atoms in total. The Balaban J connectivity index is 0.00000363. The molecule has 2 aromatic carbocycles. The molecule has 0 unspecified atom stereocenters. The molecule has 0 spiro atoms. The molecule has 0 amide bonds. The maximum atomic E-state index is 6.11. The van der Waals surface area contributed by atoms with E-state index in [2.05, 4.69) is 73.6 Å². The Hall–Kier alpha value is -2.00. The molecule has 0 bridgehead atoms. The highest BCUT2D eigenvalue weighted by atomic mass is 127. The van der Waals surface area contributed by atoms with Crippen LogP contribution in [0.3, 0.4) is 0 Å². The predicted octanol–water partition coefficient (Wildman–Crippen LogP) is 4.57. The fourth-order valence-corrected chi connectivity index (χ4v) is 3.52. The van der Waals surface area contributed by atoms with Gasteiger partial charge in [-0.05, 0) is 45.4 Å². The van der Waals surface area contributed by atoms with Crippen molar-refractivity contribution in [3.8, 4) is 5.75 Å². The summed E-state index contributed by atoms with van der Waals surface area (Å²) in [5, 5.41) is 6.85. The zero-order valence-corrected chi connectivity index (χ0v) is 22.0. The van der Waals surface area contributed by atoms with Crippen LogP contribution in [0.5, 0.6) is 5.75 Å². The molecule has 176 valence electrons. The van der Waals surface area contributed by atoms with Gasteiger partial charge in [0.25, 0.3) is 0 Å². The second-order valence-electron chi connectivity index (χ2n) is 8.60. The lowest BCUT2D eigenvalue weighted by Gasteiger charge is -2.30. The highest BCUT2D eigenvalue weighted by Gasteiger charge is 2.15. The quantitative estimate of drug-likeness (QED) is 0.300. The van der Waals surface area contributed by atoms with Crippen molar-refractivity contribution in [2.45, 2.75) is 46.4 Å². The molecule has 3 rings (SSSR count). The van der Waals surface area contributed by atoms with Crippen LogP contribution in [0, 0.1) is 0 Å². The second kappa shape index (κ2) is 12.9. The molecular formula is C25H37IN4O2. The standard InChI is InChI=1S/C25H36N4O2.HI/c1-5-26-24(28-19-21-11-7-9-13-23(21)31-25(2,3)4)27-18-20-10-6-8-12-22(20)29-14-16-30-17-15-29;/h6-13H,5,14-19H2,1-4H3,(H2,26,27,28);1H. The van der Waals surface area contributed by atoms with E-state index in [1.54, 1.807) is 0 Å². The molecule has 1 aliphatic heterocycles. The number of rotatable bonds is 7. The Morgan fingerprint density at radius 3 is 2.34 bits per heavy atom. The fourth-order valence-electron chi connectivity index (χ4n) is 3.52. The first-order valence-electron chi connectivity index (χ1n) is 11.2. The van der Waals surface area contributed by atoms with Gasteiger partial charge in [0.2, 0.25) is 0 Å². The SMILES string of the molecule is CCNC(=NCc1ccccc1OC(C)(C)C)NCc1ccccc1N1CCOCC1.I. The van der Waals surface area contributed by atoms with Gasteiger partial charge in [-0.2, -0.15) is 0 Å². The minimum absolute atomic E-state index is 0. The minimum atomic E-state index is -0.244. The molecule has 0 aliphatic carbocycles. The lowest BCUT2D eigenvalue weighted by Crippen LogP contribution is -2.39. The van der Waals surface area contributed by atoms with E-state index in [-0.39, 0.29) is 29.6 Å². The van der Waals surface area contributed by atoms with Gasteiger partial charge >= 0.3 is 0 Å². The van der Waals surface area contributed by atoms with Crippen LogP contribution in [-0.4, -0.2) is 44.4 Å². The molecule has 7 heteroatoms. The van der Waals surface area contributed by atoms with Gasteiger partial charge in [0, 0.05) is 37.4 Å². The first kappa shape index (κ1) is 26.3. The van der Waals surface area contributed by atoms with Gasteiger partial charge in [0.05, 0.1) is 19.8 Å². The summed E-state index contributed by atoms with van der Waals surface area (Å²) in [5.41, 5.74) is 3.35. The van der Waals surface area contributed by atoms with Crippen LogP contribution < -0.4 is 20.3 Å². The van der Waals surface area contributed by atoms with E-state index in [4.69, 9.17) is 14.5 Å². The number of nitrogens with zero attached hydrogens (tertiary/aromatic N) is 2. The van der Waals surface area contributed by atoms with Gasteiger partial charge in [-0.3, -0.25) is 0 Å². The third kappa shape index (κ3) is 8.16. The Morgan fingerprint density at radius 2 is 1.66 bits per heavy atom. The topological polar surface area (TPSA) is 58.1 Å². The average Bonchev–Trinajstić information content (AvgIpc) is 2.76. The molecule has 2 N–H and O–H groups in total. The first-order chi connectivity index (χ1) is 15.0. The van der Waals surface area contributed by atoms with Gasteiger partial charge in [-0.1, -0.05) is 36.4 Å². The number of hydrogen-bond donors (Lipinski definition) is 2. The van der Waals surface area contributed by atoms with Crippen LogP contribution in [0.25, 0.3) is 0 Å². The lowest BCUT2D eigenvalue weighted by molar-refractivity contribution is 0.122. The number of aliphatic imine (C=N–C) groups is 1. The van der Waals surface area contributed by atoms with Gasteiger partial charge in [0.15, 0.2) is 5.96 Å². The zero-order valence-electron chi connectivity index (χ0n) is 19.7. The second-order valence-corrected chi connectivity index (χ2v) is 8.60. The fraction of sp³-hybridized carbons (Fsp3) is 0.480. The van der Waals surface area contributed by atoms with Crippen LogP contribution in [0.1, 0.15) is 38.8 Å². The predicted molar refractivity (Wildman–Crippen MR) is 143 cm³/mol. The van der Waals surface area contributed by atoms with Crippen molar-refractivity contribution in [1.82, 2.24) is 10.6 Å². The van der Waals surface area contributed by atoms with E-state index in [1.165, 1.54) is 11.3 Å². The lowest BCUT2D eigenvalue weighted by atomic mass is 10.1. The monoisotopic (exact) mass is 552 g/mol. The summed E-state index contributed by atoms with van der Waals surface area (Å²) in [6.07, 6.45) is 0. The molecule has 32 heavy (non-hydrogen) atoms. The summed E-state index contributed by atoms with van der Waals surface area (Å²) < 4.78 is 11.6. The highest BCUT2D eigenvalue weighted by molar-refractivity contribution is 14.0. The number of halogens is 1. The number of para-hydroxylation sites is 2. The van der Waals surface area contributed by atoms with E-state index in [9.17, 15) is 0 Å². The van der Waals surface area contributed by atoms with Crippen LogP contribution in [-0.2, 0) is 17.8 Å². The van der Waals surface area contributed by atoms with Crippen molar-refractivity contribution >= 4 is 35.6 Å². The van der Waals surface area contributed by atoms with E-state index in [0.717, 1.165) is 50.1 Å². The van der Waals surface area contributed by atoms with Crippen molar-refractivity contribution in [3.05, 3.63) is 59.7 Å². The van der Waals surface area contributed by atoms with Crippen molar-refractivity contribution < 1.29 is 9.47 Å². The average molecular weight is 553 g/mol. The summed E-state index contributed by atoms with van der Waals surface area (Å²) in [5.74, 6) is 1.68. The minimum Gasteiger partial charge on any atom is -0.488 e. The summed E-state index contributed by atoms with van der Waals surface area (Å²) in [6.45, 7) is 13.7. The number of anilines is 1. The van der Waals surface area contributed by atoms with E-state index < -0.39 is 0 Å². The van der Waals surface area contributed by atoms with Gasteiger partial charge in [-0.25, -0.2) is 4.99 Å². The maximum absolute atomic E-state index is 6.11. The number of hydrogen-bond acceptors (Lipinski definition) is 4. The van der Waals surface area contributed by atoms with Crippen LogP contribution in [0.15, 0.2) is 53.5 Å². The van der Waals surface area contributed by atoms with Crippen LogP contribution in [0.4, 0.5) is 5.69 Å². The molecule has 1 heterocycles. The van der Waals surface area contributed by atoms with Crippen molar-refractivity contribution in [2.24, 2.45) is 4.99 Å². The van der Waals surface area contributed by atoms with Crippen molar-refractivity contribution in [2.75, 3.05) is 37.7 Å². The number of ether oxygens (including phenoxy) is 2. The summed E-state index contributed by atoms with van der Waals surface area (Å²) in [4.78, 5) is 7.21. The van der Waals surface area contributed by atoms with E-state index >= 15 is 0 Å². The number of guanidine groups is 1. The maximum Gasteiger partial charge on any atom is 0.191 e. The third-order valence-electron chi connectivity index (χ3n) is 4.93. The molecule has 0 saturated carbocycles. The summed E-state index contributed by atoms with van der Waals surface area (Å²) in [7, 11) is 0. The molecule has 1 saturated heterocycles. The molecule has 0 radical (unpaired) electrons. The Bertz CT molecular complexity index is 861. The highest BCUT2D eigenvalue weighted by Crippen LogP contribution is 2.24. The third-order valence-corrected chi connectivity index (χ3v) is 4.93. The Labute approximate surface area is 209 Å². The number of nitrogens with one attached hydrogen (secondary N) is 2. The largest absolute Gasteiger partial charge is 0.488 e.